The number of Topliss-reactive ketones (excluding diaryl/α,β-unsaturated/α-hetero) is 1. The van der Waals surface area contributed by atoms with E-state index in [1.54, 1.807) is 36.4 Å². The van der Waals surface area contributed by atoms with E-state index in [4.69, 9.17) is 13.6 Å². The van der Waals surface area contributed by atoms with Gasteiger partial charge in [0.1, 0.15) is 11.5 Å². The van der Waals surface area contributed by atoms with Crippen LogP contribution in [0.2, 0.25) is 0 Å². The van der Waals surface area contributed by atoms with Gasteiger partial charge < -0.3 is 23.6 Å². The first kappa shape index (κ1) is 20.5. The van der Waals surface area contributed by atoms with Crippen molar-refractivity contribution in [3.63, 3.8) is 0 Å². The molecule has 1 unspecified atom stereocenters. The number of aliphatic hydroxyl groups is 1. The highest BCUT2D eigenvalue weighted by Crippen LogP contribution is 2.40. The predicted octanol–water partition coefficient (Wildman–Crippen LogP) is 4.83. The average molecular weight is 421 g/mol. The molecule has 1 aromatic carbocycles. The summed E-state index contributed by atoms with van der Waals surface area (Å²) in [6.07, 6.45) is 4.81. The Hall–Kier alpha value is -3.74. The minimum Gasteiger partial charge on any atom is -0.503 e. The lowest BCUT2D eigenvalue weighted by Crippen LogP contribution is -2.30. The zero-order chi connectivity index (χ0) is 21.8. The number of nitrogens with zero attached hydrogens (tertiary/aromatic N) is 1. The van der Waals surface area contributed by atoms with Crippen LogP contribution in [-0.4, -0.2) is 28.3 Å². The molecule has 31 heavy (non-hydrogen) atoms. The molecular weight excluding hydrogens is 398 g/mol. The molecule has 1 aliphatic rings. The summed E-state index contributed by atoms with van der Waals surface area (Å²) in [5.74, 6) is -0.556. The van der Waals surface area contributed by atoms with Crippen molar-refractivity contribution in [1.29, 1.82) is 0 Å². The molecule has 0 spiro atoms. The number of hydrogen-bond donors (Lipinski definition) is 1. The number of carbonyl (C=O) groups is 2. The molecule has 1 N–H and O–H groups in total. The molecule has 1 atom stereocenters. The molecule has 0 saturated heterocycles. The Morgan fingerprint density at radius 3 is 2.65 bits per heavy atom. The minimum absolute atomic E-state index is 0.0304. The topological polar surface area (TPSA) is 93.1 Å². The van der Waals surface area contributed by atoms with E-state index < -0.39 is 23.5 Å². The monoisotopic (exact) mass is 421 g/mol. The standard InChI is InChI=1S/C24H23NO6/c1-2-3-11-29-17-8-4-7-16(14-17)21-20(22(26)19-10-6-13-31-19)23(27)24(28)25(21)15-18-9-5-12-30-18/h4-10,12-14,21,27H,2-3,11,15H2,1H3. The summed E-state index contributed by atoms with van der Waals surface area (Å²) in [5, 5.41) is 10.7. The van der Waals surface area contributed by atoms with Gasteiger partial charge in [-0.1, -0.05) is 25.5 Å². The van der Waals surface area contributed by atoms with Gasteiger partial charge >= 0.3 is 0 Å². The second-order valence-electron chi connectivity index (χ2n) is 7.26. The lowest BCUT2D eigenvalue weighted by molar-refractivity contribution is -0.130. The number of rotatable bonds is 9. The van der Waals surface area contributed by atoms with Gasteiger partial charge in [-0.25, -0.2) is 0 Å². The molecule has 3 heterocycles. The number of amides is 1. The Kier molecular flexibility index (Phi) is 5.93. The van der Waals surface area contributed by atoms with Crippen LogP contribution >= 0.6 is 0 Å². The summed E-state index contributed by atoms with van der Waals surface area (Å²) in [4.78, 5) is 27.5. The molecule has 0 saturated carbocycles. The van der Waals surface area contributed by atoms with Crippen molar-refractivity contribution in [3.05, 3.63) is 89.5 Å². The first-order valence-corrected chi connectivity index (χ1v) is 10.2. The third kappa shape index (κ3) is 4.12. The largest absolute Gasteiger partial charge is 0.503 e. The number of hydrogen-bond acceptors (Lipinski definition) is 6. The number of ketones is 1. The molecule has 7 nitrogen and oxygen atoms in total. The molecule has 4 rings (SSSR count). The molecular formula is C24H23NO6. The van der Waals surface area contributed by atoms with Crippen molar-refractivity contribution in [3.8, 4) is 5.75 Å². The molecule has 1 aliphatic heterocycles. The summed E-state index contributed by atoms with van der Waals surface area (Å²) in [6, 6.07) is 12.9. The van der Waals surface area contributed by atoms with Crippen LogP contribution in [0, 0.1) is 0 Å². The normalized spacial score (nSPS) is 16.2. The van der Waals surface area contributed by atoms with E-state index in [-0.39, 0.29) is 17.9 Å². The van der Waals surface area contributed by atoms with Crippen LogP contribution < -0.4 is 4.74 Å². The average Bonchev–Trinajstić information content (AvgIpc) is 3.53. The molecule has 0 radical (unpaired) electrons. The minimum atomic E-state index is -0.815. The Morgan fingerprint density at radius 1 is 1.13 bits per heavy atom. The fraction of sp³-hybridized carbons (Fsp3) is 0.250. The van der Waals surface area contributed by atoms with Crippen molar-refractivity contribution in [2.75, 3.05) is 6.61 Å². The highest BCUT2D eigenvalue weighted by Gasteiger charge is 2.44. The van der Waals surface area contributed by atoms with E-state index in [2.05, 4.69) is 6.92 Å². The van der Waals surface area contributed by atoms with Crippen LogP contribution in [0.1, 0.15) is 47.7 Å². The number of ether oxygens (including phenoxy) is 1. The smallest absolute Gasteiger partial charge is 0.290 e. The van der Waals surface area contributed by atoms with E-state index in [0.717, 1.165) is 12.8 Å². The number of aliphatic hydroxyl groups excluding tert-OH is 1. The quantitative estimate of drug-likeness (QED) is 0.393. The van der Waals surface area contributed by atoms with E-state index in [9.17, 15) is 14.7 Å². The summed E-state index contributed by atoms with van der Waals surface area (Å²) in [7, 11) is 0. The fourth-order valence-corrected chi connectivity index (χ4v) is 3.61. The first-order chi connectivity index (χ1) is 15.1. The van der Waals surface area contributed by atoms with E-state index >= 15 is 0 Å². The summed E-state index contributed by atoms with van der Waals surface area (Å²) in [5.41, 5.74) is 0.616. The van der Waals surface area contributed by atoms with Crippen molar-refractivity contribution in [2.45, 2.75) is 32.4 Å². The molecule has 0 bridgehead atoms. The van der Waals surface area contributed by atoms with Gasteiger partial charge in [0.2, 0.25) is 5.78 Å². The third-order valence-electron chi connectivity index (χ3n) is 5.14. The second kappa shape index (κ2) is 8.95. The predicted molar refractivity (Wildman–Crippen MR) is 112 cm³/mol. The molecule has 7 heteroatoms. The lowest BCUT2D eigenvalue weighted by Gasteiger charge is -2.26. The zero-order valence-corrected chi connectivity index (χ0v) is 17.1. The zero-order valence-electron chi connectivity index (χ0n) is 17.1. The van der Waals surface area contributed by atoms with Gasteiger partial charge in [-0.3, -0.25) is 9.59 Å². The van der Waals surface area contributed by atoms with Crippen molar-refractivity contribution >= 4 is 11.7 Å². The molecule has 160 valence electrons. The highest BCUT2D eigenvalue weighted by molar-refractivity contribution is 6.14. The molecule has 0 fully saturated rings. The van der Waals surface area contributed by atoms with E-state index in [0.29, 0.717) is 23.7 Å². The van der Waals surface area contributed by atoms with Crippen LogP contribution in [0.25, 0.3) is 0 Å². The third-order valence-corrected chi connectivity index (χ3v) is 5.14. The number of benzene rings is 1. The van der Waals surface area contributed by atoms with Crippen LogP contribution in [-0.2, 0) is 11.3 Å². The summed E-state index contributed by atoms with van der Waals surface area (Å²) in [6.45, 7) is 2.74. The number of unbranched alkanes of at least 4 members (excludes halogenated alkanes) is 1. The Labute approximate surface area is 179 Å². The van der Waals surface area contributed by atoms with E-state index in [1.807, 2.05) is 6.07 Å². The Bertz CT molecular complexity index is 1080. The summed E-state index contributed by atoms with van der Waals surface area (Å²) < 4.78 is 16.4. The van der Waals surface area contributed by atoms with Gasteiger partial charge in [-0.2, -0.15) is 0 Å². The lowest BCUT2D eigenvalue weighted by atomic mass is 9.95. The molecule has 3 aromatic rings. The van der Waals surface area contributed by atoms with Crippen LogP contribution in [0.3, 0.4) is 0 Å². The molecule has 2 aromatic heterocycles. The Morgan fingerprint density at radius 2 is 1.94 bits per heavy atom. The van der Waals surface area contributed by atoms with Gasteiger partial charge in [0.15, 0.2) is 11.5 Å². The first-order valence-electron chi connectivity index (χ1n) is 10.2. The highest BCUT2D eigenvalue weighted by atomic mass is 16.5. The number of furan rings is 2. The van der Waals surface area contributed by atoms with Crippen LogP contribution in [0.5, 0.6) is 5.75 Å². The molecule has 0 aliphatic carbocycles. The fourth-order valence-electron chi connectivity index (χ4n) is 3.61. The van der Waals surface area contributed by atoms with Crippen LogP contribution in [0.4, 0.5) is 0 Å². The second-order valence-corrected chi connectivity index (χ2v) is 7.26. The molecule has 1 amide bonds. The maximum atomic E-state index is 13.1. The van der Waals surface area contributed by atoms with Gasteiger partial charge in [-0.05, 0) is 48.4 Å². The van der Waals surface area contributed by atoms with Crippen molar-refractivity contribution in [2.24, 2.45) is 0 Å². The Balaban J connectivity index is 1.74. The van der Waals surface area contributed by atoms with Gasteiger partial charge in [-0.15, -0.1) is 0 Å². The summed E-state index contributed by atoms with van der Waals surface area (Å²) >= 11 is 0. The van der Waals surface area contributed by atoms with Crippen molar-refractivity contribution in [1.82, 2.24) is 4.90 Å². The maximum Gasteiger partial charge on any atom is 0.290 e. The van der Waals surface area contributed by atoms with Gasteiger partial charge in [0.05, 0.1) is 37.3 Å². The van der Waals surface area contributed by atoms with Gasteiger partial charge in [0, 0.05) is 0 Å². The van der Waals surface area contributed by atoms with Crippen LogP contribution in [0.15, 0.2) is 81.2 Å². The van der Waals surface area contributed by atoms with Crippen molar-refractivity contribution < 1.29 is 28.3 Å². The number of carbonyl (C=O) groups excluding carboxylic acids is 2. The SMILES string of the molecule is CCCCOc1cccc(C2C(C(=O)c3ccco3)=C(O)C(=O)N2Cc2ccco2)c1. The van der Waals surface area contributed by atoms with E-state index in [1.165, 1.54) is 23.5 Å². The van der Waals surface area contributed by atoms with Gasteiger partial charge in [0.25, 0.3) is 5.91 Å². The maximum absolute atomic E-state index is 13.1.